The van der Waals surface area contributed by atoms with Gasteiger partial charge in [-0.2, -0.15) is 0 Å². The summed E-state index contributed by atoms with van der Waals surface area (Å²) < 4.78 is 22.3. The van der Waals surface area contributed by atoms with E-state index in [0.29, 0.717) is 35.8 Å². The van der Waals surface area contributed by atoms with Gasteiger partial charge in [0.05, 0.1) is 5.56 Å². The van der Waals surface area contributed by atoms with Gasteiger partial charge in [-0.05, 0) is 99.2 Å². The predicted molar refractivity (Wildman–Crippen MR) is 181 cm³/mol. The molecule has 2 atom stereocenters. The fourth-order valence-electron chi connectivity index (χ4n) is 4.74. The number of ketones is 1. The summed E-state index contributed by atoms with van der Waals surface area (Å²) >= 11 is 0. The molecule has 0 spiro atoms. The standard InChI is InChI=1S/C39H48O7/c1-5-7-9-11-12-14-28-44-30(4)38(41)45-35-23-19-32(20-24-35)31-15-17-34(18-16-31)39(42)46-36-25-21-33(22-26-36)37(40)29(3)43-27-13-10-8-6-2/h5,15-26,29-30H,1,6-14,27-28H2,2-4H3/t29-,30-/m0/s1. The zero-order valence-electron chi connectivity index (χ0n) is 27.5. The molecule has 0 bridgehead atoms. The Hall–Kier alpha value is -4.07. The van der Waals surface area contributed by atoms with Crippen molar-refractivity contribution in [3.8, 4) is 22.6 Å². The first-order chi connectivity index (χ1) is 22.3. The summed E-state index contributed by atoms with van der Waals surface area (Å²) in [4.78, 5) is 37.8. The Balaban J connectivity index is 1.45. The van der Waals surface area contributed by atoms with E-state index < -0.39 is 24.1 Å². The van der Waals surface area contributed by atoms with Crippen LogP contribution in [0.25, 0.3) is 11.1 Å². The second-order valence-corrected chi connectivity index (χ2v) is 11.4. The summed E-state index contributed by atoms with van der Waals surface area (Å²) in [5.74, 6) is -0.245. The second kappa shape index (κ2) is 20.1. The van der Waals surface area contributed by atoms with Crippen LogP contribution in [-0.2, 0) is 14.3 Å². The summed E-state index contributed by atoms with van der Waals surface area (Å²) in [5, 5.41) is 0. The van der Waals surface area contributed by atoms with Gasteiger partial charge in [0.15, 0.2) is 11.9 Å². The largest absolute Gasteiger partial charge is 0.425 e. The van der Waals surface area contributed by atoms with Crippen molar-refractivity contribution in [2.45, 2.75) is 90.8 Å². The van der Waals surface area contributed by atoms with Crippen LogP contribution in [0, 0.1) is 0 Å². The first kappa shape index (κ1) is 36.4. The van der Waals surface area contributed by atoms with Crippen molar-refractivity contribution in [3.05, 3.63) is 96.6 Å². The van der Waals surface area contributed by atoms with Crippen LogP contribution < -0.4 is 9.47 Å². The molecule has 0 fully saturated rings. The number of hydrogen-bond acceptors (Lipinski definition) is 7. The molecule has 0 aliphatic carbocycles. The molecule has 0 saturated heterocycles. The van der Waals surface area contributed by atoms with Crippen molar-refractivity contribution in [3.63, 3.8) is 0 Å². The quantitative estimate of drug-likeness (QED) is 0.0382. The molecule has 0 heterocycles. The Bertz CT molecular complexity index is 1360. The highest BCUT2D eigenvalue weighted by Crippen LogP contribution is 2.24. The van der Waals surface area contributed by atoms with Gasteiger partial charge in [-0.15, -0.1) is 6.58 Å². The van der Waals surface area contributed by atoms with Crippen LogP contribution in [0.3, 0.4) is 0 Å². The van der Waals surface area contributed by atoms with E-state index in [1.54, 1.807) is 62.4 Å². The van der Waals surface area contributed by atoms with Gasteiger partial charge in [0.25, 0.3) is 0 Å². The van der Waals surface area contributed by atoms with Crippen LogP contribution in [0.15, 0.2) is 85.5 Å². The fourth-order valence-corrected chi connectivity index (χ4v) is 4.74. The van der Waals surface area contributed by atoms with Gasteiger partial charge in [0.2, 0.25) is 0 Å². The van der Waals surface area contributed by atoms with E-state index in [2.05, 4.69) is 13.5 Å². The third-order valence-corrected chi connectivity index (χ3v) is 7.61. The normalized spacial score (nSPS) is 12.2. The minimum Gasteiger partial charge on any atom is -0.425 e. The van der Waals surface area contributed by atoms with E-state index in [9.17, 15) is 14.4 Å². The summed E-state index contributed by atoms with van der Waals surface area (Å²) in [7, 11) is 0. The molecule has 3 rings (SSSR count). The number of hydrogen-bond donors (Lipinski definition) is 0. The van der Waals surface area contributed by atoms with Crippen molar-refractivity contribution in [1.82, 2.24) is 0 Å². The first-order valence-electron chi connectivity index (χ1n) is 16.4. The smallest absolute Gasteiger partial charge is 0.343 e. The molecule has 246 valence electrons. The van der Waals surface area contributed by atoms with Gasteiger partial charge in [-0.3, -0.25) is 4.79 Å². The number of ether oxygens (including phenoxy) is 4. The highest BCUT2D eigenvalue weighted by Gasteiger charge is 2.17. The average Bonchev–Trinajstić information content (AvgIpc) is 3.08. The molecular formula is C39H48O7. The topological polar surface area (TPSA) is 88.1 Å². The number of benzene rings is 3. The number of esters is 2. The van der Waals surface area contributed by atoms with Crippen LogP contribution in [0.2, 0.25) is 0 Å². The monoisotopic (exact) mass is 628 g/mol. The van der Waals surface area contributed by atoms with Crippen LogP contribution in [0.5, 0.6) is 11.5 Å². The van der Waals surface area contributed by atoms with Crippen molar-refractivity contribution in [1.29, 1.82) is 0 Å². The minimum absolute atomic E-state index is 0.102. The number of Topliss-reactive ketones (excluding diaryl/α,β-unsaturated/α-hetero) is 1. The molecule has 46 heavy (non-hydrogen) atoms. The number of unbranched alkanes of at least 4 members (excludes halogenated alkanes) is 7. The van der Waals surface area contributed by atoms with Gasteiger partial charge >= 0.3 is 11.9 Å². The Kier molecular flexibility index (Phi) is 15.9. The average molecular weight is 629 g/mol. The van der Waals surface area contributed by atoms with Crippen LogP contribution in [-0.4, -0.2) is 43.1 Å². The molecule has 0 N–H and O–H groups in total. The maximum atomic E-state index is 12.7. The Morgan fingerprint density at radius 2 is 1.13 bits per heavy atom. The maximum Gasteiger partial charge on any atom is 0.343 e. The molecule has 0 saturated carbocycles. The van der Waals surface area contributed by atoms with Gasteiger partial charge < -0.3 is 18.9 Å². The minimum atomic E-state index is -0.645. The molecule has 7 nitrogen and oxygen atoms in total. The van der Waals surface area contributed by atoms with Crippen LogP contribution in [0.1, 0.15) is 99.3 Å². The Labute approximate surface area is 273 Å². The van der Waals surface area contributed by atoms with Gasteiger partial charge in [0.1, 0.15) is 17.6 Å². The highest BCUT2D eigenvalue weighted by atomic mass is 16.6. The molecule has 0 aliphatic heterocycles. The Morgan fingerprint density at radius 3 is 1.74 bits per heavy atom. The molecule has 0 aliphatic rings. The number of carbonyl (C=O) groups excluding carboxylic acids is 3. The summed E-state index contributed by atoms with van der Waals surface area (Å²) in [6, 6.07) is 20.7. The summed E-state index contributed by atoms with van der Waals surface area (Å²) in [6.07, 6.45) is 10.4. The van der Waals surface area contributed by atoms with Gasteiger partial charge in [-0.1, -0.05) is 69.4 Å². The van der Waals surface area contributed by atoms with Gasteiger partial charge in [-0.25, -0.2) is 9.59 Å². The van der Waals surface area contributed by atoms with E-state index in [-0.39, 0.29) is 5.78 Å². The van der Waals surface area contributed by atoms with E-state index in [1.807, 2.05) is 30.3 Å². The third-order valence-electron chi connectivity index (χ3n) is 7.61. The SMILES string of the molecule is C=CCCCCCCO[C@@H](C)C(=O)Oc1ccc(-c2ccc(C(=O)Oc3ccc(C(=O)[C@H](C)OCCCCCC)cc3)cc2)cc1. The number of carbonyl (C=O) groups is 3. The molecule has 3 aromatic carbocycles. The predicted octanol–water partition coefficient (Wildman–Crippen LogP) is 9.19. The van der Waals surface area contributed by atoms with E-state index >= 15 is 0 Å². The molecule has 0 aromatic heterocycles. The zero-order valence-corrected chi connectivity index (χ0v) is 27.5. The van der Waals surface area contributed by atoms with Crippen molar-refractivity contribution < 1.29 is 33.3 Å². The van der Waals surface area contributed by atoms with Crippen molar-refractivity contribution in [2.24, 2.45) is 0 Å². The van der Waals surface area contributed by atoms with Crippen molar-refractivity contribution in [2.75, 3.05) is 13.2 Å². The summed E-state index contributed by atoms with van der Waals surface area (Å²) in [5.41, 5.74) is 2.70. The lowest BCUT2D eigenvalue weighted by atomic mass is 10.0. The van der Waals surface area contributed by atoms with E-state index in [0.717, 1.165) is 68.9 Å². The maximum absolute atomic E-state index is 12.7. The number of allylic oxidation sites excluding steroid dienone is 1. The molecule has 3 aromatic rings. The van der Waals surface area contributed by atoms with Gasteiger partial charge in [0, 0.05) is 18.8 Å². The van der Waals surface area contributed by atoms with Crippen molar-refractivity contribution >= 4 is 17.7 Å². The molecule has 7 heteroatoms. The lowest BCUT2D eigenvalue weighted by Crippen LogP contribution is -2.26. The molecular weight excluding hydrogens is 580 g/mol. The van der Waals surface area contributed by atoms with E-state index in [1.165, 1.54) is 0 Å². The molecule has 0 unspecified atom stereocenters. The third kappa shape index (κ3) is 12.4. The molecule has 0 radical (unpaired) electrons. The second-order valence-electron chi connectivity index (χ2n) is 11.4. The Morgan fingerprint density at radius 1 is 0.630 bits per heavy atom. The molecule has 0 amide bonds. The fraction of sp³-hybridized carbons (Fsp3) is 0.410. The lowest BCUT2D eigenvalue weighted by Gasteiger charge is -2.13. The first-order valence-corrected chi connectivity index (χ1v) is 16.4. The number of rotatable bonds is 21. The zero-order chi connectivity index (χ0) is 33.1. The highest BCUT2D eigenvalue weighted by molar-refractivity contribution is 5.99. The lowest BCUT2D eigenvalue weighted by molar-refractivity contribution is -0.146. The van der Waals surface area contributed by atoms with E-state index in [4.69, 9.17) is 18.9 Å². The summed E-state index contributed by atoms with van der Waals surface area (Å²) in [6.45, 7) is 10.4. The van der Waals surface area contributed by atoms with Crippen LogP contribution >= 0.6 is 0 Å². The van der Waals surface area contributed by atoms with Crippen LogP contribution in [0.4, 0.5) is 0 Å².